The molecule has 27 heavy (non-hydrogen) atoms. The van der Waals surface area contributed by atoms with Gasteiger partial charge < -0.3 is 20.8 Å². The predicted octanol–water partition coefficient (Wildman–Crippen LogP) is 1.04. The molecule has 1 heterocycles. The number of hydrogen-bond donors (Lipinski definition) is 4. The molecule has 1 unspecified atom stereocenters. The lowest BCUT2D eigenvalue weighted by molar-refractivity contribution is -0.120. The SMILES string of the molecule is CN(C(=O)C(CCCCNCC=N)NC(=O)OCC(Cl)(Cl)Cl)c1nn[nH]n1. The summed E-state index contributed by atoms with van der Waals surface area (Å²) in [7, 11) is 1.46. The second-order valence-corrected chi connectivity index (χ2v) is 7.92. The fraction of sp³-hybridized carbons (Fsp3) is 0.692. The summed E-state index contributed by atoms with van der Waals surface area (Å²) in [6, 6.07) is -0.890. The molecule has 0 fully saturated rings. The van der Waals surface area contributed by atoms with Gasteiger partial charge in [-0.25, -0.2) is 4.79 Å². The topological polar surface area (TPSA) is 149 Å². The quantitative estimate of drug-likeness (QED) is 0.227. The van der Waals surface area contributed by atoms with Gasteiger partial charge in [-0.05, 0) is 31.0 Å². The van der Waals surface area contributed by atoms with Crippen LogP contribution in [0.25, 0.3) is 0 Å². The van der Waals surface area contributed by atoms with E-state index in [0.717, 1.165) is 11.3 Å². The maximum absolute atomic E-state index is 12.7. The van der Waals surface area contributed by atoms with Crippen LogP contribution in [-0.4, -0.2) is 75.4 Å². The molecule has 0 saturated heterocycles. The van der Waals surface area contributed by atoms with E-state index in [9.17, 15) is 9.59 Å². The van der Waals surface area contributed by atoms with Crippen molar-refractivity contribution >= 4 is 59.0 Å². The van der Waals surface area contributed by atoms with Gasteiger partial charge in [-0.1, -0.05) is 39.9 Å². The fourth-order valence-corrected chi connectivity index (χ4v) is 2.16. The van der Waals surface area contributed by atoms with E-state index in [1.165, 1.54) is 13.3 Å². The van der Waals surface area contributed by atoms with Gasteiger partial charge >= 0.3 is 6.09 Å². The summed E-state index contributed by atoms with van der Waals surface area (Å²) in [6.45, 7) is 0.692. The first-order valence-electron chi connectivity index (χ1n) is 7.95. The molecule has 1 atom stereocenters. The average Bonchev–Trinajstić information content (AvgIpc) is 3.14. The summed E-state index contributed by atoms with van der Waals surface area (Å²) in [5, 5.41) is 25.5. The van der Waals surface area contributed by atoms with Crippen LogP contribution in [-0.2, 0) is 9.53 Å². The van der Waals surface area contributed by atoms with Crippen LogP contribution in [0.1, 0.15) is 19.3 Å². The summed E-state index contributed by atoms with van der Waals surface area (Å²) in [4.78, 5) is 25.7. The van der Waals surface area contributed by atoms with Crippen molar-refractivity contribution in [2.75, 3.05) is 31.6 Å². The number of halogens is 3. The smallest absolute Gasteiger partial charge is 0.407 e. The average molecular weight is 444 g/mol. The second-order valence-electron chi connectivity index (χ2n) is 5.40. The summed E-state index contributed by atoms with van der Waals surface area (Å²) in [5.74, 6) is -0.385. The molecule has 0 aliphatic rings. The summed E-state index contributed by atoms with van der Waals surface area (Å²) < 4.78 is 3.06. The Hall–Kier alpha value is -1.69. The Kier molecular flexibility index (Phi) is 10.3. The van der Waals surface area contributed by atoms with Crippen LogP contribution in [0.2, 0.25) is 0 Å². The maximum atomic E-state index is 12.7. The van der Waals surface area contributed by atoms with Crippen molar-refractivity contribution in [1.82, 2.24) is 31.3 Å². The minimum atomic E-state index is -1.75. The number of unbranched alkanes of at least 4 members (excludes halogenated alkanes) is 1. The van der Waals surface area contributed by atoms with Gasteiger partial charge in [-0.2, -0.15) is 5.21 Å². The van der Waals surface area contributed by atoms with Crippen molar-refractivity contribution < 1.29 is 14.3 Å². The van der Waals surface area contributed by atoms with Gasteiger partial charge in [0, 0.05) is 19.8 Å². The number of aromatic nitrogens is 4. The minimum Gasteiger partial charge on any atom is -0.445 e. The van der Waals surface area contributed by atoms with Crippen molar-refractivity contribution in [3.8, 4) is 0 Å². The minimum absolute atomic E-state index is 0.0640. The van der Waals surface area contributed by atoms with Gasteiger partial charge in [0.2, 0.25) is 3.79 Å². The first kappa shape index (κ1) is 23.3. The molecule has 14 heteroatoms. The third kappa shape index (κ3) is 9.70. The first-order chi connectivity index (χ1) is 12.7. The number of aromatic amines is 1. The zero-order chi connectivity index (χ0) is 20.3. The maximum Gasteiger partial charge on any atom is 0.407 e. The van der Waals surface area contributed by atoms with Crippen LogP contribution in [0.4, 0.5) is 10.7 Å². The lowest BCUT2D eigenvalue weighted by atomic mass is 10.1. The van der Waals surface area contributed by atoms with E-state index >= 15 is 0 Å². The molecule has 1 rings (SSSR count). The van der Waals surface area contributed by atoms with Crippen molar-refractivity contribution in [3.05, 3.63) is 0 Å². The van der Waals surface area contributed by atoms with Crippen LogP contribution < -0.4 is 15.5 Å². The van der Waals surface area contributed by atoms with Crippen LogP contribution in [0.5, 0.6) is 0 Å². The Balaban J connectivity index is 2.63. The third-order valence-corrected chi connectivity index (χ3v) is 3.59. The number of rotatable bonds is 11. The molecule has 0 aliphatic heterocycles. The van der Waals surface area contributed by atoms with Gasteiger partial charge in [0.15, 0.2) is 0 Å². The molecule has 4 N–H and O–H groups in total. The predicted molar refractivity (Wildman–Crippen MR) is 102 cm³/mol. The third-order valence-electron chi connectivity index (χ3n) is 3.26. The van der Waals surface area contributed by atoms with E-state index in [4.69, 9.17) is 44.9 Å². The lowest BCUT2D eigenvalue weighted by Gasteiger charge is -2.22. The number of carbonyl (C=O) groups is 2. The number of carbonyl (C=O) groups excluding carboxylic acids is 2. The largest absolute Gasteiger partial charge is 0.445 e. The number of anilines is 1. The standard InChI is InChI=1S/C13H21Cl3N8O3/c1-24(11-20-22-23-21-11)10(25)9(4-2-3-6-18-7-5-17)19-12(26)27-8-13(14,15)16/h5,9,17-18H,2-4,6-8H2,1H3,(H,19,26)(H,20,21,22,23). The number of nitrogens with zero attached hydrogens (tertiary/aromatic N) is 4. The van der Waals surface area contributed by atoms with Gasteiger partial charge in [-0.15, -0.1) is 5.10 Å². The molecule has 0 spiro atoms. The van der Waals surface area contributed by atoms with Crippen LogP contribution >= 0.6 is 34.8 Å². The summed E-state index contributed by atoms with van der Waals surface area (Å²) in [5.41, 5.74) is 0. The highest BCUT2D eigenvalue weighted by Gasteiger charge is 2.28. The first-order valence-corrected chi connectivity index (χ1v) is 9.08. The van der Waals surface area contributed by atoms with E-state index in [-0.39, 0.29) is 5.95 Å². The molecule has 1 aromatic heterocycles. The zero-order valence-electron chi connectivity index (χ0n) is 14.5. The van der Waals surface area contributed by atoms with Crippen LogP contribution in [0.3, 0.4) is 0 Å². The van der Waals surface area contributed by atoms with E-state index < -0.39 is 28.4 Å². The van der Waals surface area contributed by atoms with Gasteiger partial charge in [0.25, 0.3) is 11.9 Å². The highest BCUT2D eigenvalue weighted by molar-refractivity contribution is 6.67. The number of ether oxygens (including phenoxy) is 1. The fourth-order valence-electron chi connectivity index (χ4n) is 1.99. The number of alkyl carbamates (subject to hydrolysis) is 1. The number of likely N-dealkylation sites (N-methyl/N-ethyl adjacent to an activating group) is 1. The molecule has 0 bridgehead atoms. The number of hydrogen-bond acceptors (Lipinski definition) is 8. The molecule has 2 amide bonds. The number of tetrazole rings is 1. The van der Waals surface area contributed by atoms with Gasteiger partial charge in [0.1, 0.15) is 12.6 Å². The van der Waals surface area contributed by atoms with Gasteiger partial charge in [0.05, 0.1) is 0 Å². The highest BCUT2D eigenvalue weighted by atomic mass is 35.6. The van der Waals surface area contributed by atoms with Crippen LogP contribution in [0.15, 0.2) is 0 Å². The molecule has 0 radical (unpaired) electrons. The van der Waals surface area contributed by atoms with E-state index in [1.807, 2.05) is 0 Å². The second kappa shape index (κ2) is 11.9. The lowest BCUT2D eigenvalue weighted by Crippen LogP contribution is -2.48. The molecule has 152 valence electrons. The molecule has 1 aromatic rings. The molecule has 0 saturated carbocycles. The van der Waals surface area contributed by atoms with Crippen molar-refractivity contribution in [2.45, 2.75) is 29.1 Å². The number of alkyl halides is 3. The Bertz CT molecular complexity index is 596. The van der Waals surface area contributed by atoms with E-state index in [2.05, 4.69) is 31.3 Å². The van der Waals surface area contributed by atoms with Crippen molar-refractivity contribution in [1.29, 1.82) is 5.41 Å². The van der Waals surface area contributed by atoms with Gasteiger partial charge in [-0.3, -0.25) is 9.69 Å². The number of amides is 2. The Labute approximate surface area is 170 Å². The van der Waals surface area contributed by atoms with E-state index in [1.54, 1.807) is 0 Å². The van der Waals surface area contributed by atoms with Crippen LogP contribution in [0, 0.1) is 5.41 Å². The molecular formula is C13H21Cl3N8O3. The zero-order valence-corrected chi connectivity index (χ0v) is 16.8. The molecule has 11 nitrogen and oxygen atoms in total. The highest BCUT2D eigenvalue weighted by Crippen LogP contribution is 2.25. The monoisotopic (exact) mass is 442 g/mol. The summed E-state index contributed by atoms with van der Waals surface area (Å²) in [6.07, 6.45) is 2.09. The Morgan fingerprint density at radius 1 is 1.41 bits per heavy atom. The summed E-state index contributed by atoms with van der Waals surface area (Å²) >= 11 is 16.6. The Morgan fingerprint density at radius 2 is 2.15 bits per heavy atom. The van der Waals surface area contributed by atoms with E-state index in [0.29, 0.717) is 25.9 Å². The number of nitrogens with one attached hydrogen (secondary N) is 4. The van der Waals surface area contributed by atoms with Crippen molar-refractivity contribution in [2.24, 2.45) is 0 Å². The molecule has 0 aromatic carbocycles. The normalized spacial score (nSPS) is 12.3. The Morgan fingerprint density at radius 3 is 2.74 bits per heavy atom. The number of H-pyrrole nitrogens is 1. The molecular weight excluding hydrogens is 423 g/mol. The van der Waals surface area contributed by atoms with Crippen molar-refractivity contribution in [3.63, 3.8) is 0 Å². The molecule has 0 aliphatic carbocycles.